The number of nitrogens with one attached hydrogen (secondary N) is 1. The van der Waals surface area contributed by atoms with Crippen molar-refractivity contribution in [2.45, 2.75) is 33.7 Å². The fraction of sp³-hybridized carbons (Fsp3) is 0.588. The average molecular weight is 318 g/mol. The predicted octanol–water partition coefficient (Wildman–Crippen LogP) is 2.04. The zero-order valence-electron chi connectivity index (χ0n) is 14.4. The molecule has 0 radical (unpaired) electrons. The molecule has 126 valence electrons. The third kappa shape index (κ3) is 4.43. The maximum atomic E-state index is 12.4. The molecule has 0 spiro atoms. The molecule has 0 saturated carbocycles. The second kappa shape index (κ2) is 6.98. The summed E-state index contributed by atoms with van der Waals surface area (Å²) in [4.78, 5) is 32.2. The number of urea groups is 1. The van der Waals surface area contributed by atoms with Crippen LogP contribution in [-0.4, -0.2) is 52.9 Å². The van der Waals surface area contributed by atoms with Crippen molar-refractivity contribution in [1.29, 1.82) is 0 Å². The molecular formula is C17H26N4O2. The molecule has 1 saturated heterocycles. The molecule has 1 aromatic rings. The first-order chi connectivity index (χ1) is 10.8. The summed E-state index contributed by atoms with van der Waals surface area (Å²) in [6.07, 6.45) is 3.43. The van der Waals surface area contributed by atoms with Gasteiger partial charge in [-0.3, -0.25) is 9.78 Å². The molecular weight excluding hydrogens is 292 g/mol. The average Bonchev–Trinajstić information content (AvgIpc) is 2.54. The van der Waals surface area contributed by atoms with E-state index in [9.17, 15) is 9.59 Å². The van der Waals surface area contributed by atoms with Crippen molar-refractivity contribution in [3.8, 4) is 0 Å². The van der Waals surface area contributed by atoms with Gasteiger partial charge in [-0.15, -0.1) is 0 Å². The molecule has 6 nitrogen and oxygen atoms in total. The largest absolute Gasteiger partial charge is 0.339 e. The number of hydrogen-bond donors (Lipinski definition) is 1. The van der Waals surface area contributed by atoms with E-state index in [4.69, 9.17) is 0 Å². The molecule has 0 aliphatic carbocycles. The highest BCUT2D eigenvalue weighted by atomic mass is 16.2. The van der Waals surface area contributed by atoms with E-state index < -0.39 is 0 Å². The Hall–Kier alpha value is -2.11. The first-order valence-electron chi connectivity index (χ1n) is 8.04. The molecule has 3 amide bonds. The van der Waals surface area contributed by atoms with Crippen LogP contribution in [0, 0.1) is 5.41 Å². The van der Waals surface area contributed by atoms with Gasteiger partial charge in [-0.1, -0.05) is 20.8 Å². The monoisotopic (exact) mass is 318 g/mol. The molecule has 1 aromatic heterocycles. The van der Waals surface area contributed by atoms with Crippen molar-refractivity contribution in [2.75, 3.05) is 26.2 Å². The summed E-state index contributed by atoms with van der Waals surface area (Å²) in [5, 5.41) is 3.00. The molecule has 1 atom stereocenters. The highest BCUT2D eigenvalue weighted by Crippen LogP contribution is 2.19. The van der Waals surface area contributed by atoms with Gasteiger partial charge in [-0.2, -0.15) is 0 Å². The fourth-order valence-corrected chi connectivity index (χ4v) is 2.60. The molecule has 1 N–H and O–H groups in total. The molecule has 2 heterocycles. The third-order valence-corrected chi connectivity index (χ3v) is 4.04. The lowest BCUT2D eigenvalue weighted by atomic mass is 9.94. The lowest BCUT2D eigenvalue weighted by Crippen LogP contribution is -2.55. The second-order valence-electron chi connectivity index (χ2n) is 6.98. The highest BCUT2D eigenvalue weighted by molar-refractivity contribution is 5.82. The Morgan fingerprint density at radius 1 is 1.09 bits per heavy atom. The molecule has 1 aliphatic rings. The Labute approximate surface area is 137 Å². The standard InChI is InChI=1S/C17H26N4O2/c1-13(14-5-7-18-8-6-14)19-16(23)21-11-9-20(10-12-21)15(22)17(2,3)4/h5-8,13H,9-12H2,1-4H3,(H,19,23). The van der Waals surface area contributed by atoms with Crippen LogP contribution in [0.1, 0.15) is 39.3 Å². The van der Waals surface area contributed by atoms with Gasteiger partial charge in [0.25, 0.3) is 0 Å². The van der Waals surface area contributed by atoms with Crippen LogP contribution < -0.4 is 5.32 Å². The zero-order valence-corrected chi connectivity index (χ0v) is 14.4. The van der Waals surface area contributed by atoms with Crippen LogP contribution in [0.2, 0.25) is 0 Å². The van der Waals surface area contributed by atoms with Crippen molar-refractivity contribution in [3.63, 3.8) is 0 Å². The Morgan fingerprint density at radius 2 is 1.61 bits per heavy atom. The SMILES string of the molecule is CC(NC(=O)N1CCN(C(=O)C(C)(C)C)CC1)c1ccncc1. The topological polar surface area (TPSA) is 65.5 Å². The van der Waals surface area contributed by atoms with Gasteiger partial charge in [0.1, 0.15) is 0 Å². The van der Waals surface area contributed by atoms with Crippen LogP contribution in [0.25, 0.3) is 0 Å². The van der Waals surface area contributed by atoms with Crippen molar-refractivity contribution >= 4 is 11.9 Å². The van der Waals surface area contributed by atoms with E-state index in [1.807, 2.05) is 44.7 Å². The lowest BCUT2D eigenvalue weighted by molar-refractivity contribution is -0.140. The quantitative estimate of drug-likeness (QED) is 0.907. The van der Waals surface area contributed by atoms with E-state index in [2.05, 4.69) is 10.3 Å². The molecule has 1 unspecified atom stereocenters. The minimum Gasteiger partial charge on any atom is -0.339 e. The van der Waals surface area contributed by atoms with Crippen LogP contribution >= 0.6 is 0 Å². The normalized spacial score (nSPS) is 16.9. The Morgan fingerprint density at radius 3 is 2.13 bits per heavy atom. The smallest absolute Gasteiger partial charge is 0.317 e. The van der Waals surface area contributed by atoms with E-state index in [-0.39, 0.29) is 23.4 Å². The molecule has 1 fully saturated rings. The van der Waals surface area contributed by atoms with Crippen LogP contribution in [0.3, 0.4) is 0 Å². The number of rotatable bonds is 2. The number of amides is 3. The van der Waals surface area contributed by atoms with Crippen molar-refractivity contribution in [1.82, 2.24) is 20.1 Å². The summed E-state index contributed by atoms with van der Waals surface area (Å²) >= 11 is 0. The van der Waals surface area contributed by atoms with E-state index in [0.717, 1.165) is 5.56 Å². The van der Waals surface area contributed by atoms with Gasteiger partial charge in [0, 0.05) is 44.0 Å². The number of aromatic nitrogens is 1. The molecule has 0 aromatic carbocycles. The van der Waals surface area contributed by atoms with E-state index in [1.165, 1.54) is 0 Å². The van der Waals surface area contributed by atoms with Gasteiger partial charge in [0.15, 0.2) is 0 Å². The van der Waals surface area contributed by atoms with Crippen LogP contribution in [-0.2, 0) is 4.79 Å². The number of pyridine rings is 1. The Kier molecular flexibility index (Phi) is 5.23. The fourth-order valence-electron chi connectivity index (χ4n) is 2.60. The maximum absolute atomic E-state index is 12.4. The number of piperazine rings is 1. The Bertz CT molecular complexity index is 545. The summed E-state index contributed by atoms with van der Waals surface area (Å²) in [6, 6.07) is 3.63. The molecule has 2 rings (SSSR count). The van der Waals surface area contributed by atoms with E-state index >= 15 is 0 Å². The third-order valence-electron chi connectivity index (χ3n) is 4.04. The van der Waals surface area contributed by atoms with Crippen LogP contribution in [0.5, 0.6) is 0 Å². The van der Waals surface area contributed by atoms with Gasteiger partial charge >= 0.3 is 6.03 Å². The number of carbonyl (C=O) groups excluding carboxylic acids is 2. The maximum Gasteiger partial charge on any atom is 0.317 e. The predicted molar refractivity (Wildman–Crippen MR) is 88.8 cm³/mol. The zero-order chi connectivity index (χ0) is 17.0. The number of nitrogens with zero attached hydrogens (tertiary/aromatic N) is 3. The van der Waals surface area contributed by atoms with Crippen LogP contribution in [0.4, 0.5) is 4.79 Å². The first kappa shape index (κ1) is 17.2. The highest BCUT2D eigenvalue weighted by Gasteiger charge is 2.31. The molecule has 1 aliphatic heterocycles. The van der Waals surface area contributed by atoms with Crippen molar-refractivity contribution in [3.05, 3.63) is 30.1 Å². The summed E-state index contributed by atoms with van der Waals surface area (Å²) < 4.78 is 0. The Balaban J connectivity index is 1.85. The summed E-state index contributed by atoms with van der Waals surface area (Å²) in [7, 11) is 0. The summed E-state index contributed by atoms with van der Waals surface area (Å²) in [5.41, 5.74) is 0.648. The number of carbonyl (C=O) groups is 2. The molecule has 0 bridgehead atoms. The van der Waals surface area contributed by atoms with E-state index in [0.29, 0.717) is 26.2 Å². The van der Waals surface area contributed by atoms with Gasteiger partial charge in [0.05, 0.1) is 6.04 Å². The minimum absolute atomic E-state index is 0.0697. The summed E-state index contributed by atoms with van der Waals surface area (Å²) in [5.74, 6) is 0.141. The molecule has 6 heteroatoms. The van der Waals surface area contributed by atoms with E-state index in [1.54, 1.807) is 17.3 Å². The van der Waals surface area contributed by atoms with Crippen molar-refractivity contribution in [2.24, 2.45) is 5.41 Å². The van der Waals surface area contributed by atoms with Gasteiger partial charge in [0.2, 0.25) is 5.91 Å². The van der Waals surface area contributed by atoms with Crippen LogP contribution in [0.15, 0.2) is 24.5 Å². The first-order valence-corrected chi connectivity index (χ1v) is 8.04. The van der Waals surface area contributed by atoms with Crippen molar-refractivity contribution < 1.29 is 9.59 Å². The molecule has 23 heavy (non-hydrogen) atoms. The van der Waals surface area contributed by atoms with Gasteiger partial charge in [-0.05, 0) is 24.6 Å². The second-order valence-corrected chi connectivity index (χ2v) is 6.98. The minimum atomic E-state index is -0.375. The number of hydrogen-bond acceptors (Lipinski definition) is 3. The summed E-state index contributed by atoms with van der Waals surface area (Å²) in [6.45, 7) is 10.0. The van der Waals surface area contributed by atoms with Gasteiger partial charge in [-0.25, -0.2) is 4.79 Å². The van der Waals surface area contributed by atoms with Gasteiger partial charge < -0.3 is 15.1 Å². The lowest BCUT2D eigenvalue weighted by Gasteiger charge is -2.38.